The molecule has 0 aromatic heterocycles. The van der Waals surface area contributed by atoms with Crippen molar-refractivity contribution in [1.29, 1.82) is 0 Å². The van der Waals surface area contributed by atoms with Crippen molar-refractivity contribution < 1.29 is 0 Å². The maximum atomic E-state index is 2.66. The van der Waals surface area contributed by atoms with Crippen molar-refractivity contribution in [2.24, 2.45) is 17.3 Å². The summed E-state index contributed by atoms with van der Waals surface area (Å²) in [5.41, 5.74) is 0.768. The highest BCUT2D eigenvalue weighted by atomic mass is 15.2. The van der Waals surface area contributed by atoms with Crippen molar-refractivity contribution >= 4 is 0 Å². The fraction of sp³-hybridized carbons (Fsp3) is 1.00. The first-order valence-electron chi connectivity index (χ1n) is 8.47. The van der Waals surface area contributed by atoms with Crippen LogP contribution in [0.4, 0.5) is 0 Å². The zero-order chi connectivity index (χ0) is 13.6. The van der Waals surface area contributed by atoms with E-state index in [4.69, 9.17) is 0 Å². The van der Waals surface area contributed by atoms with Crippen molar-refractivity contribution in [2.75, 3.05) is 26.2 Å². The Morgan fingerprint density at radius 3 is 1.79 bits per heavy atom. The molecule has 0 radical (unpaired) electrons. The summed E-state index contributed by atoms with van der Waals surface area (Å²) in [4.78, 5) is 5.31. The smallest absolute Gasteiger partial charge is 0.00534 e. The molecule has 0 amide bonds. The van der Waals surface area contributed by atoms with E-state index >= 15 is 0 Å². The Morgan fingerprint density at radius 2 is 1.32 bits per heavy atom. The van der Waals surface area contributed by atoms with E-state index in [1.54, 1.807) is 12.8 Å². The normalized spacial score (nSPS) is 30.0. The third-order valence-corrected chi connectivity index (χ3v) is 6.17. The highest BCUT2D eigenvalue weighted by Gasteiger charge is 2.54. The summed E-state index contributed by atoms with van der Waals surface area (Å²) in [6, 6.07) is 1.51. The first-order chi connectivity index (χ1) is 8.99. The summed E-state index contributed by atoms with van der Waals surface area (Å²) < 4.78 is 0. The van der Waals surface area contributed by atoms with E-state index in [0.717, 1.165) is 29.3 Å². The molecule has 1 aliphatic carbocycles. The molecule has 1 spiro atoms. The highest BCUT2D eigenvalue weighted by Crippen LogP contribution is 2.56. The Balaban J connectivity index is 1.41. The standard InChI is InChI=1S/C17H32N2/c1-13(2)18-7-5-15(6-8-18)16-9-17(10-16)11-19(12-17)14(3)4/h13-16H,5-12H2,1-4H3. The van der Waals surface area contributed by atoms with Gasteiger partial charge in [-0.15, -0.1) is 0 Å². The lowest BCUT2D eigenvalue weighted by Gasteiger charge is -2.62. The molecule has 2 heterocycles. The van der Waals surface area contributed by atoms with Gasteiger partial charge >= 0.3 is 0 Å². The van der Waals surface area contributed by atoms with Gasteiger partial charge in [-0.25, -0.2) is 0 Å². The van der Waals surface area contributed by atoms with E-state index in [1.165, 1.54) is 39.0 Å². The van der Waals surface area contributed by atoms with Crippen LogP contribution in [0.1, 0.15) is 53.4 Å². The topological polar surface area (TPSA) is 6.48 Å². The monoisotopic (exact) mass is 264 g/mol. The number of hydrogen-bond acceptors (Lipinski definition) is 2. The SMILES string of the molecule is CC(C)N1CCC(C2CC3(C2)CN(C(C)C)C3)CC1. The fourth-order valence-corrected chi connectivity index (χ4v) is 4.73. The Hall–Kier alpha value is -0.0800. The molecule has 2 heteroatoms. The van der Waals surface area contributed by atoms with Gasteiger partial charge in [-0.1, -0.05) is 0 Å². The van der Waals surface area contributed by atoms with Gasteiger partial charge in [0.05, 0.1) is 0 Å². The summed E-state index contributed by atoms with van der Waals surface area (Å²) in [5.74, 6) is 2.12. The molecule has 0 bridgehead atoms. The molecule has 3 rings (SSSR count). The first kappa shape index (κ1) is 13.9. The third kappa shape index (κ3) is 2.58. The quantitative estimate of drug-likeness (QED) is 0.772. The van der Waals surface area contributed by atoms with Crippen molar-refractivity contribution in [3.8, 4) is 0 Å². The van der Waals surface area contributed by atoms with Crippen molar-refractivity contribution in [3.63, 3.8) is 0 Å². The van der Waals surface area contributed by atoms with Gasteiger partial charge in [-0.2, -0.15) is 0 Å². The molecule has 0 N–H and O–H groups in total. The summed E-state index contributed by atoms with van der Waals surface area (Å²) >= 11 is 0. The van der Waals surface area contributed by atoms with Crippen molar-refractivity contribution in [2.45, 2.75) is 65.5 Å². The predicted molar refractivity (Wildman–Crippen MR) is 81.3 cm³/mol. The second kappa shape index (κ2) is 5.04. The predicted octanol–water partition coefficient (Wildman–Crippen LogP) is 3.23. The average molecular weight is 264 g/mol. The van der Waals surface area contributed by atoms with Gasteiger partial charge in [-0.05, 0) is 83.7 Å². The van der Waals surface area contributed by atoms with Crippen molar-refractivity contribution in [3.05, 3.63) is 0 Å². The zero-order valence-electron chi connectivity index (χ0n) is 13.4. The van der Waals surface area contributed by atoms with Crippen LogP contribution in [0.15, 0.2) is 0 Å². The van der Waals surface area contributed by atoms with Crippen LogP contribution in [0.5, 0.6) is 0 Å². The van der Waals surface area contributed by atoms with Crippen LogP contribution in [0.25, 0.3) is 0 Å². The summed E-state index contributed by atoms with van der Waals surface area (Å²) in [7, 11) is 0. The average Bonchev–Trinajstić information content (AvgIpc) is 2.25. The van der Waals surface area contributed by atoms with E-state index < -0.39 is 0 Å². The van der Waals surface area contributed by atoms with Crippen molar-refractivity contribution in [1.82, 2.24) is 9.80 Å². The molecular formula is C17H32N2. The molecule has 19 heavy (non-hydrogen) atoms. The maximum absolute atomic E-state index is 2.66. The minimum Gasteiger partial charge on any atom is -0.301 e. The van der Waals surface area contributed by atoms with E-state index in [-0.39, 0.29) is 0 Å². The lowest BCUT2D eigenvalue weighted by molar-refractivity contribution is -0.126. The van der Waals surface area contributed by atoms with Crippen LogP contribution in [0.3, 0.4) is 0 Å². The minimum atomic E-state index is 0.750. The molecule has 3 aliphatic rings. The van der Waals surface area contributed by atoms with Crippen LogP contribution in [0, 0.1) is 17.3 Å². The Bertz CT molecular complexity index is 301. The fourth-order valence-electron chi connectivity index (χ4n) is 4.73. The summed E-state index contributed by atoms with van der Waals surface area (Å²) in [6.45, 7) is 14.8. The summed E-state index contributed by atoms with van der Waals surface area (Å²) in [6.07, 6.45) is 6.02. The number of hydrogen-bond donors (Lipinski definition) is 0. The minimum absolute atomic E-state index is 0.750. The Kier molecular flexibility index (Phi) is 3.68. The molecule has 1 saturated carbocycles. The highest BCUT2D eigenvalue weighted by molar-refractivity contribution is 5.06. The van der Waals surface area contributed by atoms with E-state index in [1.807, 2.05) is 0 Å². The number of nitrogens with zero attached hydrogens (tertiary/aromatic N) is 2. The van der Waals surface area contributed by atoms with Crippen LogP contribution in [-0.2, 0) is 0 Å². The summed E-state index contributed by atoms with van der Waals surface area (Å²) in [5, 5.41) is 0. The van der Waals surface area contributed by atoms with Gasteiger partial charge in [0, 0.05) is 25.2 Å². The van der Waals surface area contributed by atoms with Gasteiger partial charge in [0.25, 0.3) is 0 Å². The van der Waals surface area contributed by atoms with E-state index in [2.05, 4.69) is 37.5 Å². The molecule has 2 aliphatic heterocycles. The Morgan fingerprint density at radius 1 is 0.789 bits per heavy atom. The van der Waals surface area contributed by atoms with E-state index in [9.17, 15) is 0 Å². The molecule has 110 valence electrons. The van der Waals surface area contributed by atoms with Crippen LogP contribution in [-0.4, -0.2) is 48.1 Å². The lowest BCUT2D eigenvalue weighted by atomic mass is 9.53. The molecule has 3 fully saturated rings. The number of piperidine rings is 1. The van der Waals surface area contributed by atoms with Gasteiger partial charge in [-0.3, -0.25) is 4.90 Å². The molecule has 2 saturated heterocycles. The Labute approximate surface area is 119 Å². The lowest BCUT2D eigenvalue weighted by Crippen LogP contribution is -2.64. The molecular weight excluding hydrogens is 232 g/mol. The number of likely N-dealkylation sites (tertiary alicyclic amines) is 2. The molecule has 0 atom stereocenters. The van der Waals surface area contributed by atoms with Gasteiger partial charge in [0.1, 0.15) is 0 Å². The largest absolute Gasteiger partial charge is 0.301 e. The van der Waals surface area contributed by atoms with Crippen LogP contribution < -0.4 is 0 Å². The van der Waals surface area contributed by atoms with Gasteiger partial charge in [0.15, 0.2) is 0 Å². The zero-order valence-corrected chi connectivity index (χ0v) is 13.4. The molecule has 0 unspecified atom stereocenters. The van der Waals surface area contributed by atoms with E-state index in [0.29, 0.717) is 0 Å². The third-order valence-electron chi connectivity index (χ3n) is 6.17. The van der Waals surface area contributed by atoms with Gasteiger partial charge in [0.2, 0.25) is 0 Å². The van der Waals surface area contributed by atoms with Crippen LogP contribution >= 0.6 is 0 Å². The maximum Gasteiger partial charge on any atom is 0.00534 e. The number of rotatable bonds is 3. The molecule has 0 aromatic rings. The van der Waals surface area contributed by atoms with Gasteiger partial charge < -0.3 is 4.90 Å². The van der Waals surface area contributed by atoms with Crippen LogP contribution in [0.2, 0.25) is 0 Å². The first-order valence-corrected chi connectivity index (χ1v) is 8.47. The molecule has 0 aromatic carbocycles. The molecule has 2 nitrogen and oxygen atoms in total. The second-order valence-corrected chi connectivity index (χ2v) is 8.13. The second-order valence-electron chi connectivity index (χ2n) is 8.13.